The monoisotopic (exact) mass is 350 g/mol. The van der Waals surface area contributed by atoms with Crippen LogP contribution < -0.4 is 0 Å². The Hall–Kier alpha value is -0.130. The Morgan fingerprint density at radius 2 is 1.17 bits per heavy atom. The summed E-state index contributed by atoms with van der Waals surface area (Å²) in [5.41, 5.74) is 0. The highest BCUT2D eigenvalue weighted by molar-refractivity contribution is 7.86. The second kappa shape index (κ2) is 14.2. The first kappa shape index (κ1) is 22.9. The van der Waals surface area contributed by atoms with E-state index in [4.69, 9.17) is 0 Å². The molecule has 0 heterocycles. The molecular formula is C18H38O4S. The molecule has 2 N–H and O–H groups in total. The lowest BCUT2D eigenvalue weighted by Crippen LogP contribution is -2.20. The summed E-state index contributed by atoms with van der Waals surface area (Å²) in [6, 6.07) is 0. The van der Waals surface area contributed by atoms with Crippen LogP contribution in [0.4, 0.5) is 0 Å². The van der Waals surface area contributed by atoms with Crippen molar-refractivity contribution in [2.24, 2.45) is 0 Å². The van der Waals surface area contributed by atoms with E-state index in [0.29, 0.717) is 12.8 Å². The van der Waals surface area contributed by atoms with E-state index in [1.54, 1.807) is 0 Å². The first-order valence-electron chi connectivity index (χ1n) is 9.56. The van der Waals surface area contributed by atoms with Gasteiger partial charge in [-0.15, -0.1) is 0 Å². The number of hydrogen-bond acceptors (Lipinski definition) is 3. The van der Waals surface area contributed by atoms with Crippen molar-refractivity contribution in [3.05, 3.63) is 0 Å². The minimum absolute atomic E-state index is 0.236. The van der Waals surface area contributed by atoms with E-state index in [1.165, 1.54) is 25.7 Å². The van der Waals surface area contributed by atoms with Crippen LogP contribution in [0.5, 0.6) is 0 Å². The molecule has 0 aliphatic carbocycles. The van der Waals surface area contributed by atoms with Crippen LogP contribution in [0.15, 0.2) is 0 Å². The lowest BCUT2D eigenvalue weighted by molar-refractivity contribution is 0.156. The van der Waals surface area contributed by atoms with Crippen LogP contribution >= 0.6 is 0 Å². The van der Waals surface area contributed by atoms with Crippen molar-refractivity contribution in [3.63, 3.8) is 0 Å². The summed E-state index contributed by atoms with van der Waals surface area (Å²) in [7, 11) is -3.92. The van der Waals surface area contributed by atoms with E-state index >= 15 is 0 Å². The summed E-state index contributed by atoms with van der Waals surface area (Å²) in [6.45, 7) is 4.15. The van der Waals surface area contributed by atoms with Crippen molar-refractivity contribution in [2.75, 3.05) is 0 Å². The average Bonchev–Trinajstić information content (AvgIpc) is 2.50. The highest BCUT2D eigenvalue weighted by Gasteiger charge is 2.21. The van der Waals surface area contributed by atoms with E-state index in [2.05, 4.69) is 6.92 Å². The Bertz CT molecular complexity index is 354. The fraction of sp³-hybridized carbons (Fsp3) is 1.00. The zero-order chi connectivity index (χ0) is 17.6. The topological polar surface area (TPSA) is 74.6 Å². The number of hydrogen-bond donors (Lipinski definition) is 2. The van der Waals surface area contributed by atoms with Gasteiger partial charge < -0.3 is 5.11 Å². The van der Waals surface area contributed by atoms with Gasteiger partial charge in [-0.2, -0.15) is 8.42 Å². The standard InChI is InChI=1S/C18H38O4S/c1-3-5-6-7-8-9-12-15-18(23(20,21)22)16-13-10-11-14-17(19)4-2/h17-19H,3-16H2,1-2H3,(H,20,21,22). The van der Waals surface area contributed by atoms with Gasteiger partial charge in [0.2, 0.25) is 0 Å². The Labute approximate surface area is 143 Å². The van der Waals surface area contributed by atoms with Gasteiger partial charge in [-0.05, 0) is 25.7 Å². The normalized spacial score (nSPS) is 14.8. The molecule has 0 aliphatic heterocycles. The largest absolute Gasteiger partial charge is 0.393 e. The highest BCUT2D eigenvalue weighted by atomic mass is 32.2. The molecule has 0 radical (unpaired) electrons. The highest BCUT2D eigenvalue weighted by Crippen LogP contribution is 2.19. The maximum atomic E-state index is 11.5. The second-order valence-electron chi connectivity index (χ2n) is 6.75. The summed E-state index contributed by atoms with van der Waals surface area (Å²) < 4.78 is 32.3. The van der Waals surface area contributed by atoms with Crippen molar-refractivity contribution in [2.45, 2.75) is 115 Å². The number of unbranched alkanes of at least 4 members (excludes halogenated alkanes) is 8. The van der Waals surface area contributed by atoms with Gasteiger partial charge in [-0.3, -0.25) is 4.55 Å². The minimum atomic E-state index is -3.92. The van der Waals surface area contributed by atoms with E-state index in [1.807, 2.05) is 6.92 Å². The Morgan fingerprint density at radius 1 is 0.739 bits per heavy atom. The maximum Gasteiger partial charge on any atom is 0.267 e. The third kappa shape index (κ3) is 14.0. The molecule has 0 aliphatic rings. The van der Waals surface area contributed by atoms with Crippen LogP contribution in [-0.2, 0) is 10.1 Å². The lowest BCUT2D eigenvalue weighted by Gasteiger charge is -2.14. The molecule has 0 rings (SSSR count). The Balaban J connectivity index is 3.83. The summed E-state index contributed by atoms with van der Waals surface area (Å²) >= 11 is 0. The summed E-state index contributed by atoms with van der Waals surface area (Å²) in [4.78, 5) is 0. The molecule has 0 aromatic rings. The van der Waals surface area contributed by atoms with Gasteiger partial charge in [0.05, 0.1) is 11.4 Å². The zero-order valence-corrected chi connectivity index (χ0v) is 16.0. The second-order valence-corrected chi connectivity index (χ2v) is 8.44. The molecule has 0 bridgehead atoms. The fourth-order valence-corrected chi connectivity index (χ4v) is 3.83. The van der Waals surface area contributed by atoms with Gasteiger partial charge in [0.25, 0.3) is 10.1 Å². The number of aliphatic hydroxyl groups excluding tert-OH is 1. The molecular weight excluding hydrogens is 312 g/mol. The van der Waals surface area contributed by atoms with Gasteiger partial charge in [-0.25, -0.2) is 0 Å². The van der Waals surface area contributed by atoms with Crippen molar-refractivity contribution in [3.8, 4) is 0 Å². The molecule has 0 saturated heterocycles. The molecule has 0 aromatic heterocycles. The van der Waals surface area contributed by atoms with Gasteiger partial charge in [-0.1, -0.05) is 78.1 Å². The maximum absolute atomic E-state index is 11.5. The Morgan fingerprint density at radius 3 is 1.65 bits per heavy atom. The predicted octanol–water partition coefficient (Wildman–Crippen LogP) is 5.10. The van der Waals surface area contributed by atoms with E-state index in [9.17, 15) is 18.1 Å². The molecule has 0 spiro atoms. The summed E-state index contributed by atoms with van der Waals surface area (Å²) in [6.07, 6.45) is 13.2. The first-order chi connectivity index (χ1) is 10.9. The molecule has 140 valence electrons. The van der Waals surface area contributed by atoms with Crippen molar-refractivity contribution >= 4 is 10.1 Å². The number of aliphatic hydroxyl groups is 1. The average molecular weight is 351 g/mol. The molecule has 0 amide bonds. The first-order valence-corrected chi connectivity index (χ1v) is 11.1. The van der Waals surface area contributed by atoms with Gasteiger partial charge in [0.1, 0.15) is 0 Å². The van der Waals surface area contributed by atoms with Crippen LogP contribution in [0.3, 0.4) is 0 Å². The molecule has 2 atom stereocenters. The van der Waals surface area contributed by atoms with Crippen molar-refractivity contribution in [1.82, 2.24) is 0 Å². The molecule has 0 fully saturated rings. The van der Waals surface area contributed by atoms with Crippen molar-refractivity contribution < 1.29 is 18.1 Å². The van der Waals surface area contributed by atoms with Crippen molar-refractivity contribution in [1.29, 1.82) is 0 Å². The third-order valence-electron chi connectivity index (χ3n) is 4.59. The molecule has 23 heavy (non-hydrogen) atoms. The van der Waals surface area contributed by atoms with Gasteiger partial charge >= 0.3 is 0 Å². The van der Waals surface area contributed by atoms with E-state index in [0.717, 1.165) is 51.4 Å². The fourth-order valence-electron chi connectivity index (χ4n) is 2.90. The molecule has 0 saturated carbocycles. The lowest BCUT2D eigenvalue weighted by atomic mass is 10.0. The van der Waals surface area contributed by atoms with Crippen LogP contribution in [0.2, 0.25) is 0 Å². The van der Waals surface area contributed by atoms with Gasteiger partial charge in [0, 0.05) is 0 Å². The molecule has 5 heteroatoms. The Kier molecular flexibility index (Phi) is 14.2. The van der Waals surface area contributed by atoms with Crippen LogP contribution in [-0.4, -0.2) is 29.4 Å². The summed E-state index contributed by atoms with van der Waals surface area (Å²) in [5.74, 6) is 0. The number of rotatable bonds is 16. The van der Waals surface area contributed by atoms with Crippen LogP contribution in [0, 0.1) is 0 Å². The zero-order valence-electron chi connectivity index (χ0n) is 15.2. The molecule has 0 aromatic carbocycles. The minimum Gasteiger partial charge on any atom is -0.393 e. The van der Waals surface area contributed by atoms with Gasteiger partial charge in [0.15, 0.2) is 0 Å². The predicted molar refractivity (Wildman–Crippen MR) is 97.3 cm³/mol. The van der Waals surface area contributed by atoms with Crippen LogP contribution in [0.25, 0.3) is 0 Å². The third-order valence-corrected chi connectivity index (χ3v) is 5.90. The SMILES string of the molecule is CCCCCCCCCC(CCCCCC(O)CC)S(=O)(=O)O. The molecule has 4 nitrogen and oxygen atoms in total. The smallest absolute Gasteiger partial charge is 0.267 e. The van der Waals surface area contributed by atoms with Crippen LogP contribution in [0.1, 0.15) is 104 Å². The summed E-state index contributed by atoms with van der Waals surface area (Å²) in [5, 5.41) is 8.88. The van der Waals surface area contributed by atoms with E-state index in [-0.39, 0.29) is 6.10 Å². The quantitative estimate of drug-likeness (QED) is 0.300. The molecule has 2 unspecified atom stereocenters. The van der Waals surface area contributed by atoms with E-state index < -0.39 is 15.4 Å².